The number of carboxylic acids is 1. The number of halogens is 2. The van der Waals surface area contributed by atoms with Crippen molar-refractivity contribution in [1.82, 2.24) is 31.9 Å². The molecule has 120 heavy (non-hydrogen) atoms. The van der Waals surface area contributed by atoms with Crippen LogP contribution >= 0.6 is 23.2 Å². The molecule has 7 aliphatic rings. The number of nitrogens with zero attached hydrogens (tertiary/aromatic N) is 1. The van der Waals surface area contributed by atoms with E-state index in [0.717, 1.165) is 60.7 Å². The summed E-state index contributed by atoms with van der Waals surface area (Å²) in [7, 11) is 0. The van der Waals surface area contributed by atoms with Crippen molar-refractivity contribution in [1.29, 1.82) is 0 Å². The molecule has 15 rings (SSSR count). The summed E-state index contributed by atoms with van der Waals surface area (Å²) in [6, 6.07) is 18.5. The minimum atomic E-state index is -2.35. The van der Waals surface area contributed by atoms with Gasteiger partial charge in [-0.1, -0.05) is 89.9 Å². The van der Waals surface area contributed by atoms with E-state index in [4.69, 9.17) is 67.8 Å². The summed E-state index contributed by atoms with van der Waals surface area (Å²) >= 11 is 14.2. The third-order valence-corrected chi connectivity index (χ3v) is 21.5. The molecule has 17 atom stereocenters. The number of carbonyl (C=O) groups excluding carboxylic acids is 7. The van der Waals surface area contributed by atoms with Gasteiger partial charge in [0.1, 0.15) is 108 Å². The number of aliphatic carboxylic acids is 1. The second-order valence-electron chi connectivity index (χ2n) is 29.3. The van der Waals surface area contributed by atoms with Gasteiger partial charge in [-0.25, -0.2) is 4.79 Å². The molecule has 0 aliphatic carbocycles. The van der Waals surface area contributed by atoms with Crippen molar-refractivity contribution in [2.75, 3.05) is 11.9 Å². The lowest BCUT2D eigenvalue weighted by Crippen LogP contribution is -2.63. The predicted molar refractivity (Wildman–Crippen MR) is 419 cm³/mol. The fourth-order valence-electron chi connectivity index (χ4n) is 14.6. The Kier molecular flexibility index (Phi) is 25.2. The summed E-state index contributed by atoms with van der Waals surface area (Å²) in [6.45, 7) is 3.54. The van der Waals surface area contributed by atoms with Crippen molar-refractivity contribution in [3.8, 4) is 62.9 Å². The first-order valence-corrected chi connectivity index (χ1v) is 37.9. The quantitative estimate of drug-likeness (QED) is 0.0449. The van der Waals surface area contributed by atoms with Gasteiger partial charge >= 0.3 is 11.7 Å². The van der Waals surface area contributed by atoms with Crippen LogP contribution in [-0.2, 0) is 60.9 Å². The molecular weight excluding hydrogens is 1620 g/mol. The number of primary amides is 1. The number of aromatic hydroxyl groups is 3. The zero-order valence-corrected chi connectivity index (χ0v) is 64.9. The third-order valence-electron chi connectivity index (χ3n) is 21.0. The Labute approximate surface area is 690 Å². The number of aliphatic hydroxyl groups excluding tert-OH is 6. The normalized spacial score (nSPS) is 26.2. The van der Waals surface area contributed by atoms with Crippen LogP contribution in [-0.4, -0.2) is 183 Å². The number of aryl methyl sites for hydroxylation is 1. The van der Waals surface area contributed by atoms with Crippen LogP contribution in [0.4, 0.5) is 11.4 Å². The molecule has 7 amide bonds. The molecule has 0 spiro atoms. The molecule has 2 saturated heterocycles. The molecule has 2 unspecified atom stereocenters. The highest BCUT2D eigenvalue weighted by Crippen LogP contribution is 2.50. The summed E-state index contributed by atoms with van der Waals surface area (Å²) in [5.41, 5.74) is 8.49. The van der Waals surface area contributed by atoms with E-state index >= 15 is 19.2 Å². The molecule has 0 saturated carbocycles. The number of nitro groups is 1. The lowest BCUT2D eigenvalue weighted by atomic mass is 9.84. The van der Waals surface area contributed by atoms with Gasteiger partial charge in [-0.3, -0.25) is 43.7 Å². The Hall–Kier alpha value is -12.3. The van der Waals surface area contributed by atoms with Crippen molar-refractivity contribution < 1.29 is 128 Å². The molecule has 8 aromatic carbocycles. The molecule has 37 nitrogen and oxygen atoms in total. The molecular formula is C81H80Cl2N10O27. The van der Waals surface area contributed by atoms with E-state index in [9.17, 15) is 80.4 Å². The minimum Gasteiger partial charge on any atom is -0.508 e. The van der Waals surface area contributed by atoms with Gasteiger partial charge in [0.2, 0.25) is 53.2 Å². The Balaban J connectivity index is 0.946. The Morgan fingerprint density at radius 3 is 1.99 bits per heavy atom. The van der Waals surface area contributed by atoms with Crippen LogP contribution in [0.3, 0.4) is 0 Å². The van der Waals surface area contributed by atoms with Crippen molar-refractivity contribution in [2.45, 2.75) is 150 Å². The van der Waals surface area contributed by atoms with Gasteiger partial charge in [0, 0.05) is 46.9 Å². The Morgan fingerprint density at radius 1 is 0.675 bits per heavy atom. The number of carbonyl (C=O) groups is 8. The van der Waals surface area contributed by atoms with E-state index in [1.54, 1.807) is 62.4 Å². The van der Waals surface area contributed by atoms with E-state index in [2.05, 4.69) is 37.2 Å². The number of benzene rings is 8. The number of fused-ring (bicyclic) bond motifs is 15. The first kappa shape index (κ1) is 85.5. The minimum absolute atomic E-state index is 0.0412. The molecule has 21 N–H and O–H groups in total. The summed E-state index contributed by atoms with van der Waals surface area (Å²) in [4.78, 5) is 130. The number of nitro benzene ring substituents is 1. The Bertz CT molecular complexity index is 5380. The van der Waals surface area contributed by atoms with E-state index < -0.39 is 242 Å². The number of carboxylic acid groups (broad SMARTS) is 1. The van der Waals surface area contributed by atoms with Crippen molar-refractivity contribution >= 4 is 81.9 Å². The van der Waals surface area contributed by atoms with Crippen LogP contribution in [0.2, 0.25) is 10.0 Å². The van der Waals surface area contributed by atoms with Gasteiger partial charge in [-0.15, -0.1) is 0 Å². The molecule has 2 fully saturated rings. The molecule has 7 heterocycles. The largest absolute Gasteiger partial charge is 0.508 e. The van der Waals surface area contributed by atoms with Gasteiger partial charge in [0.25, 0.3) is 5.91 Å². The van der Waals surface area contributed by atoms with Crippen LogP contribution < -0.4 is 67.6 Å². The Morgan fingerprint density at radius 2 is 1.32 bits per heavy atom. The number of hydrogen-bond donors (Lipinski definition) is 19. The molecule has 39 heteroatoms. The number of ether oxygens (including phenoxy) is 7. The number of phenols is 3. The second-order valence-corrected chi connectivity index (χ2v) is 30.2. The highest BCUT2D eigenvalue weighted by molar-refractivity contribution is 6.32. The van der Waals surface area contributed by atoms with Crippen molar-refractivity contribution in [2.24, 2.45) is 11.5 Å². The number of hydrogen-bond acceptors (Lipinski definition) is 28. The van der Waals surface area contributed by atoms with Crippen LogP contribution in [0.15, 0.2) is 146 Å². The van der Waals surface area contributed by atoms with E-state index in [-0.39, 0.29) is 64.0 Å². The van der Waals surface area contributed by atoms with Crippen LogP contribution in [0.5, 0.6) is 51.7 Å². The molecule has 8 aromatic rings. The highest BCUT2D eigenvalue weighted by atomic mass is 35.5. The summed E-state index contributed by atoms with van der Waals surface area (Å²) in [6.07, 6.45) is -19.7. The van der Waals surface area contributed by atoms with Gasteiger partial charge in [-0.05, 0) is 133 Å². The molecule has 7 aliphatic heterocycles. The maximum atomic E-state index is 16.2. The summed E-state index contributed by atoms with van der Waals surface area (Å²) in [5.74, 6) is -16.2. The van der Waals surface area contributed by atoms with Gasteiger partial charge < -0.3 is 133 Å². The number of nitrogens with two attached hydrogens (primary N) is 2. The van der Waals surface area contributed by atoms with Crippen LogP contribution in [0.25, 0.3) is 11.1 Å². The lowest BCUT2D eigenvalue weighted by Gasteiger charge is -2.47. The number of aliphatic hydroxyl groups is 6. The zero-order valence-electron chi connectivity index (χ0n) is 63.4. The van der Waals surface area contributed by atoms with Gasteiger partial charge in [0.05, 0.1) is 40.2 Å². The van der Waals surface area contributed by atoms with Gasteiger partial charge in [-0.2, -0.15) is 0 Å². The summed E-state index contributed by atoms with van der Waals surface area (Å²) in [5, 5.41) is 144. The number of phenolic OH excluding ortho intramolecular Hbond substituents is 3. The smallest absolute Gasteiger partial charge is 0.330 e. The van der Waals surface area contributed by atoms with Gasteiger partial charge in [0.15, 0.2) is 23.8 Å². The monoisotopic (exact) mass is 1690 g/mol. The standard InChI is InChI=1S/C81H80Cl2N10O27/c1-33-12-16-43(64(93(112)113)69(33)114-32-35-8-5-4-6-9-35)73(104)87-41-11-7-10-36(20-41)30-86-81(3)29-57(115-34(2)72(81)103)119-70-39-15-19-52(47(83)23-39)117-54-25-40-24-53(71(54)120-80-68(102)67(101)66(100)55(31-94)118-80)116-51-18-14-38(22-46(51)82)65(99)59(85)75(106)88-48(28-56(84)98)74(105)89-61(40)77(108)90-60-37-13-17-49(96)44(21-37)58-45(26-42(95)27-50(58)97)62(79(110)111)91-78(109)63(70)92-76(60)107/h4-27,34,48,55,57,59-63,65-68,70,72,80,86,94-97,99-103H,28-32,85H2,1-3H3,(H2,84,98)(H,87,104)(H,88,106)(H,89,105)(H,90,108)(H,91,109)(H,92,107)(H,110,111)/t34-,48-,55-,57+,59+,60-,61?,62+,63+,65+,66+,67+,68+,70-,72+,80?,81-/m0/s1. The number of nitrogens with one attached hydrogen (secondary N) is 7. The number of anilines is 1. The fourth-order valence-corrected chi connectivity index (χ4v) is 15.1. The maximum Gasteiger partial charge on any atom is 0.330 e. The zero-order chi connectivity index (χ0) is 86.2. The molecule has 0 aromatic heterocycles. The average molecular weight is 1700 g/mol. The fraction of sp³-hybridized carbons (Fsp3) is 0.309. The van der Waals surface area contributed by atoms with E-state index in [1.165, 1.54) is 43.3 Å². The lowest BCUT2D eigenvalue weighted by molar-refractivity contribution is -0.386. The predicted octanol–water partition coefficient (Wildman–Crippen LogP) is 4.19. The molecule has 630 valence electrons. The van der Waals surface area contributed by atoms with Crippen molar-refractivity contribution in [3.63, 3.8) is 0 Å². The maximum absolute atomic E-state index is 16.2. The topological polar surface area (TPSA) is 583 Å². The molecule has 11 bridgehead atoms. The first-order chi connectivity index (χ1) is 57.1. The second kappa shape index (κ2) is 35.3. The van der Waals surface area contributed by atoms with Crippen LogP contribution in [0, 0.1) is 17.0 Å². The van der Waals surface area contributed by atoms with E-state index in [1.807, 2.05) is 0 Å². The number of amides is 7. The van der Waals surface area contributed by atoms with Crippen molar-refractivity contribution in [3.05, 3.63) is 216 Å². The SMILES string of the molecule is Cc1ccc(C(=O)Nc2cccc(CN[C@@]3(C)C[C@@H](O[C@H]4c5ccc(c(Cl)c5)Oc5cc6cc(c5OC5O[C@@H](CO)[C@@H](O)[C@@H](O)[C@H]5O)Oc5ccc(cc5Cl)[C@@H](O)[C@@H](N)C(=O)N[C@@H](CC(N)=O)C(=O)NC6C(=O)N[C@@H]5C(=O)N[C@H]4C(=O)N[C@@H](C(=O)O)c4cc(O)cc(O)c4-c4cc5ccc4O)O[C@@H](C)[C@H]3O)c2)c([N+](=O)[O-])c1OCc1ccccc1. The average Bonchev–Trinajstić information content (AvgIpc) is 0.762. The highest BCUT2D eigenvalue weighted by Gasteiger charge is 2.50. The summed E-state index contributed by atoms with van der Waals surface area (Å²) < 4.78 is 44.6. The van der Waals surface area contributed by atoms with Crippen LogP contribution in [0.1, 0.15) is 112 Å². The van der Waals surface area contributed by atoms with E-state index in [0.29, 0.717) is 16.7 Å². The molecule has 0 radical (unpaired) electrons. The third kappa shape index (κ3) is 18.0. The first-order valence-electron chi connectivity index (χ1n) is 37.1. The number of rotatable bonds is 17.